The van der Waals surface area contributed by atoms with Crippen LogP contribution in [0, 0.1) is 5.82 Å². The van der Waals surface area contributed by atoms with Crippen LogP contribution < -0.4 is 10.6 Å². The molecular weight excluding hydrogens is 518 g/mol. The minimum atomic E-state index is -0.221. The lowest BCUT2D eigenvalue weighted by Gasteiger charge is -2.36. The van der Waals surface area contributed by atoms with Gasteiger partial charge in [0.25, 0.3) is 0 Å². The fourth-order valence-corrected chi connectivity index (χ4v) is 4.34. The number of halogens is 2. The fraction of sp³-hybridized carbons (Fsp3) is 0.400. The van der Waals surface area contributed by atoms with Crippen LogP contribution in [0.25, 0.3) is 10.9 Å². The first-order valence-corrected chi connectivity index (χ1v) is 11.1. The molecule has 5 nitrogen and oxygen atoms in total. The highest BCUT2D eigenvalue weighted by Crippen LogP contribution is 2.35. The number of aromatic nitrogens is 1. The summed E-state index contributed by atoms with van der Waals surface area (Å²) in [7, 11) is 0. The first-order chi connectivity index (χ1) is 15.2. The van der Waals surface area contributed by atoms with Crippen LogP contribution in [0.2, 0.25) is 0 Å². The first-order valence-electron chi connectivity index (χ1n) is 11.1. The summed E-state index contributed by atoms with van der Waals surface area (Å²) in [5.41, 5.74) is 3.36. The van der Waals surface area contributed by atoms with Crippen LogP contribution >= 0.6 is 24.0 Å². The van der Waals surface area contributed by atoms with Crippen molar-refractivity contribution in [1.29, 1.82) is 0 Å². The third kappa shape index (κ3) is 5.81. The summed E-state index contributed by atoms with van der Waals surface area (Å²) in [6.07, 6.45) is 4.74. The molecule has 0 atom stereocenters. The number of guanidine groups is 1. The normalized spacial score (nSPS) is 15.9. The number of nitrogens with zero attached hydrogens (tertiary/aromatic N) is 1. The molecule has 2 heterocycles. The molecule has 172 valence electrons. The lowest BCUT2D eigenvalue weighted by molar-refractivity contribution is 0.0531. The van der Waals surface area contributed by atoms with Gasteiger partial charge in [0.15, 0.2) is 5.96 Å². The van der Waals surface area contributed by atoms with E-state index in [4.69, 9.17) is 9.73 Å². The molecular formula is C25H32FIN4O. The van der Waals surface area contributed by atoms with Crippen LogP contribution in [0.1, 0.15) is 30.9 Å². The molecule has 1 saturated heterocycles. The predicted octanol–water partition coefficient (Wildman–Crippen LogP) is 4.77. The van der Waals surface area contributed by atoms with E-state index >= 15 is 0 Å². The largest absolute Gasteiger partial charge is 0.381 e. The molecule has 2 aromatic carbocycles. The maximum absolute atomic E-state index is 13.4. The van der Waals surface area contributed by atoms with Gasteiger partial charge in [0.1, 0.15) is 5.82 Å². The molecule has 1 aliphatic heterocycles. The van der Waals surface area contributed by atoms with Crippen molar-refractivity contribution in [3.05, 3.63) is 71.7 Å². The Bertz CT molecular complexity index is 1020. The molecule has 3 aromatic rings. The van der Waals surface area contributed by atoms with Crippen molar-refractivity contribution < 1.29 is 9.13 Å². The third-order valence-corrected chi connectivity index (χ3v) is 6.14. The Hall–Kier alpha value is -2.13. The molecule has 7 heteroatoms. The molecule has 0 radical (unpaired) electrons. The van der Waals surface area contributed by atoms with Crippen molar-refractivity contribution in [2.75, 3.05) is 32.8 Å². The van der Waals surface area contributed by atoms with Gasteiger partial charge in [-0.2, -0.15) is 0 Å². The van der Waals surface area contributed by atoms with Crippen LogP contribution in [0.5, 0.6) is 0 Å². The first kappa shape index (κ1) is 24.5. The van der Waals surface area contributed by atoms with E-state index in [0.29, 0.717) is 0 Å². The Balaban J connectivity index is 0.00000289. The number of ether oxygens (including phenoxy) is 1. The summed E-state index contributed by atoms with van der Waals surface area (Å²) in [4.78, 5) is 8.12. The van der Waals surface area contributed by atoms with Crippen molar-refractivity contribution in [3.8, 4) is 0 Å². The number of aromatic amines is 1. The topological polar surface area (TPSA) is 61.4 Å². The van der Waals surface area contributed by atoms with E-state index in [2.05, 4.69) is 52.9 Å². The lowest BCUT2D eigenvalue weighted by Crippen LogP contribution is -2.41. The summed E-state index contributed by atoms with van der Waals surface area (Å²) in [6.45, 7) is 5.90. The van der Waals surface area contributed by atoms with Crippen LogP contribution in [0.3, 0.4) is 0 Å². The zero-order valence-corrected chi connectivity index (χ0v) is 20.8. The summed E-state index contributed by atoms with van der Waals surface area (Å²) in [6, 6.07) is 15.6. The average molecular weight is 550 g/mol. The molecule has 3 N–H and O–H groups in total. The van der Waals surface area contributed by atoms with Gasteiger partial charge >= 0.3 is 0 Å². The van der Waals surface area contributed by atoms with Crippen molar-refractivity contribution >= 4 is 40.8 Å². The molecule has 4 rings (SSSR count). The highest BCUT2D eigenvalue weighted by molar-refractivity contribution is 14.0. The van der Waals surface area contributed by atoms with Gasteiger partial charge < -0.3 is 20.4 Å². The zero-order valence-electron chi connectivity index (χ0n) is 18.5. The average Bonchev–Trinajstić information content (AvgIpc) is 3.20. The molecule has 1 fully saturated rings. The van der Waals surface area contributed by atoms with Gasteiger partial charge in [-0.05, 0) is 55.5 Å². The Kier molecular flexibility index (Phi) is 8.92. The molecule has 0 spiro atoms. The quantitative estimate of drug-likeness (QED) is 0.226. The Morgan fingerprint density at radius 2 is 1.91 bits per heavy atom. The zero-order chi connectivity index (χ0) is 21.5. The van der Waals surface area contributed by atoms with Crippen LogP contribution in [-0.2, 0) is 16.6 Å². The number of aliphatic imine (C=N–C) groups is 1. The molecule has 0 saturated carbocycles. The Labute approximate surface area is 206 Å². The second-order valence-electron chi connectivity index (χ2n) is 8.13. The summed E-state index contributed by atoms with van der Waals surface area (Å²) >= 11 is 0. The number of H-pyrrole nitrogens is 1. The van der Waals surface area contributed by atoms with Gasteiger partial charge in [0.05, 0.1) is 6.54 Å². The van der Waals surface area contributed by atoms with Gasteiger partial charge in [-0.3, -0.25) is 4.99 Å². The molecule has 0 amide bonds. The molecule has 0 unspecified atom stereocenters. The number of hydrogen-bond acceptors (Lipinski definition) is 2. The highest BCUT2D eigenvalue weighted by atomic mass is 127. The highest BCUT2D eigenvalue weighted by Gasteiger charge is 2.34. The lowest BCUT2D eigenvalue weighted by atomic mass is 9.74. The van der Waals surface area contributed by atoms with E-state index in [1.54, 1.807) is 0 Å². The van der Waals surface area contributed by atoms with Crippen molar-refractivity contribution in [2.24, 2.45) is 4.99 Å². The Morgan fingerprint density at radius 3 is 2.66 bits per heavy atom. The van der Waals surface area contributed by atoms with E-state index in [9.17, 15) is 4.39 Å². The molecule has 1 aromatic heterocycles. The van der Waals surface area contributed by atoms with Crippen molar-refractivity contribution in [3.63, 3.8) is 0 Å². The van der Waals surface area contributed by atoms with Crippen LogP contribution in [0.4, 0.5) is 4.39 Å². The second-order valence-corrected chi connectivity index (χ2v) is 8.13. The monoisotopic (exact) mass is 550 g/mol. The van der Waals surface area contributed by atoms with Crippen molar-refractivity contribution in [1.82, 2.24) is 15.6 Å². The van der Waals surface area contributed by atoms with Crippen LogP contribution in [0.15, 0.2) is 59.7 Å². The predicted molar refractivity (Wildman–Crippen MR) is 140 cm³/mol. The number of benzene rings is 2. The summed E-state index contributed by atoms with van der Waals surface area (Å²) in [5.74, 6) is 0.608. The van der Waals surface area contributed by atoms with Gasteiger partial charge in [-0.25, -0.2) is 4.39 Å². The second kappa shape index (κ2) is 11.7. The van der Waals surface area contributed by atoms with E-state index in [1.807, 2.05) is 12.3 Å². The fourth-order valence-electron chi connectivity index (χ4n) is 4.34. The van der Waals surface area contributed by atoms with E-state index in [0.717, 1.165) is 69.0 Å². The number of hydrogen-bond donors (Lipinski definition) is 3. The SMILES string of the molecule is CCNC(=NCC1(c2ccccc2)CCOCC1)NCCc1c[nH]c2cc(F)ccc12.I. The van der Waals surface area contributed by atoms with Crippen LogP contribution in [-0.4, -0.2) is 43.8 Å². The molecule has 32 heavy (non-hydrogen) atoms. The third-order valence-electron chi connectivity index (χ3n) is 6.14. The smallest absolute Gasteiger partial charge is 0.191 e. The van der Waals surface area contributed by atoms with E-state index in [1.165, 1.54) is 23.3 Å². The Morgan fingerprint density at radius 1 is 1.12 bits per heavy atom. The minimum absolute atomic E-state index is 0. The summed E-state index contributed by atoms with van der Waals surface area (Å²) < 4.78 is 19.1. The number of nitrogens with one attached hydrogen (secondary N) is 3. The maximum atomic E-state index is 13.4. The molecule has 1 aliphatic rings. The van der Waals surface area contributed by atoms with Crippen molar-refractivity contribution in [2.45, 2.75) is 31.6 Å². The molecule has 0 aliphatic carbocycles. The number of rotatable bonds is 7. The standard InChI is InChI=1S/C25H31FN4O.HI/c1-2-27-24(28-13-10-19-17-29-23-16-21(26)8-9-22(19)23)30-18-25(11-14-31-15-12-25)20-6-4-3-5-7-20;/h3-9,16-17,29H,2,10-15,18H2,1H3,(H2,27,28,30);1H. The number of fused-ring (bicyclic) bond motifs is 1. The van der Waals surface area contributed by atoms with E-state index < -0.39 is 0 Å². The summed E-state index contributed by atoms with van der Waals surface area (Å²) in [5, 5.41) is 7.89. The van der Waals surface area contributed by atoms with Gasteiger partial charge in [0, 0.05) is 48.8 Å². The van der Waals surface area contributed by atoms with Gasteiger partial charge in [0.2, 0.25) is 0 Å². The molecule has 0 bridgehead atoms. The van der Waals surface area contributed by atoms with E-state index in [-0.39, 0.29) is 35.2 Å². The van der Waals surface area contributed by atoms with Gasteiger partial charge in [-0.15, -0.1) is 24.0 Å². The minimum Gasteiger partial charge on any atom is -0.381 e. The van der Waals surface area contributed by atoms with Gasteiger partial charge in [-0.1, -0.05) is 30.3 Å². The maximum Gasteiger partial charge on any atom is 0.191 e.